The molecule has 0 saturated carbocycles. The number of likely N-dealkylation sites (tertiary alicyclic amines) is 1. The first-order valence-electron chi connectivity index (χ1n) is 11.9. The first-order valence-corrected chi connectivity index (χ1v) is 11.9. The maximum Gasteiger partial charge on any atom is 0.407 e. The molecule has 2 aromatic carbocycles. The monoisotopic (exact) mass is 480 g/mol. The number of fused-ring (bicyclic) bond motifs is 3. The molecule has 2 amide bonds. The van der Waals surface area contributed by atoms with Gasteiger partial charge in [-0.3, -0.25) is 4.79 Å². The summed E-state index contributed by atoms with van der Waals surface area (Å²) < 4.78 is 11.2. The second kappa shape index (κ2) is 9.67. The summed E-state index contributed by atoms with van der Waals surface area (Å²) in [7, 11) is 0. The van der Waals surface area contributed by atoms with Crippen molar-refractivity contribution in [1.82, 2.24) is 10.2 Å². The summed E-state index contributed by atoms with van der Waals surface area (Å²) >= 11 is 0. The lowest BCUT2D eigenvalue weighted by Crippen LogP contribution is -2.48. The Hall–Kier alpha value is -3.43. The number of nitrogens with one attached hydrogen (secondary N) is 1. The van der Waals surface area contributed by atoms with E-state index in [1.165, 1.54) is 4.90 Å². The lowest BCUT2D eigenvalue weighted by atomic mass is 9.98. The van der Waals surface area contributed by atoms with Crippen LogP contribution in [0.4, 0.5) is 4.79 Å². The zero-order chi connectivity index (χ0) is 24.5. The Bertz CT molecular complexity index is 1090. The molecule has 2 fully saturated rings. The van der Waals surface area contributed by atoms with Gasteiger partial charge in [0.2, 0.25) is 0 Å². The first-order chi connectivity index (χ1) is 16.9. The SMILES string of the molecule is O=C(NCC1CCOC1C(=O)N1CC(O)C[C@H]1C(=O)O)OCC1c2ccccc2-c2ccccc21. The number of ether oxygens (including phenoxy) is 2. The number of carbonyl (C=O) groups is 3. The van der Waals surface area contributed by atoms with Gasteiger partial charge in [0.1, 0.15) is 18.8 Å². The summed E-state index contributed by atoms with van der Waals surface area (Å²) in [6, 6.07) is 15.1. The standard InChI is InChI=1S/C26H28N2O7/c29-16-11-22(25(31)32)28(13-16)24(30)23-15(9-10-34-23)12-27-26(33)35-14-21-19-7-3-1-5-17(19)18-6-2-4-8-20(18)21/h1-8,15-16,21-23,29H,9-14H2,(H,27,33)(H,31,32)/t15?,16?,22-,23?/m0/s1. The molecule has 5 rings (SSSR count). The average Bonchev–Trinajstić information content (AvgIpc) is 3.57. The summed E-state index contributed by atoms with van der Waals surface area (Å²) in [6.07, 6.45) is -1.77. The predicted molar refractivity (Wildman–Crippen MR) is 125 cm³/mol. The van der Waals surface area contributed by atoms with Crippen LogP contribution in [-0.4, -0.2) is 77.6 Å². The molecular weight excluding hydrogens is 452 g/mol. The van der Waals surface area contributed by atoms with Gasteiger partial charge in [-0.25, -0.2) is 9.59 Å². The van der Waals surface area contributed by atoms with Crippen molar-refractivity contribution < 1.29 is 34.1 Å². The van der Waals surface area contributed by atoms with Crippen molar-refractivity contribution in [2.45, 2.75) is 37.0 Å². The van der Waals surface area contributed by atoms with Crippen molar-refractivity contribution in [3.05, 3.63) is 59.7 Å². The van der Waals surface area contributed by atoms with Crippen molar-refractivity contribution in [1.29, 1.82) is 0 Å². The number of aliphatic hydroxyl groups is 1. The minimum absolute atomic E-state index is 0.00351. The van der Waals surface area contributed by atoms with Gasteiger partial charge in [0.25, 0.3) is 5.91 Å². The molecule has 3 unspecified atom stereocenters. The van der Waals surface area contributed by atoms with Gasteiger partial charge < -0.3 is 29.9 Å². The minimum atomic E-state index is -1.15. The van der Waals surface area contributed by atoms with Gasteiger partial charge in [0, 0.05) is 38.0 Å². The molecule has 3 N–H and O–H groups in total. The lowest BCUT2D eigenvalue weighted by Gasteiger charge is -2.27. The number of hydrogen-bond acceptors (Lipinski definition) is 6. The minimum Gasteiger partial charge on any atom is -0.480 e. The van der Waals surface area contributed by atoms with Gasteiger partial charge in [-0.1, -0.05) is 48.5 Å². The Balaban J connectivity index is 1.17. The number of carbonyl (C=O) groups excluding carboxylic acids is 2. The molecule has 9 heteroatoms. The summed E-state index contributed by atoms with van der Waals surface area (Å²) in [6.45, 7) is 0.653. The number of nitrogens with zero attached hydrogens (tertiary/aromatic N) is 1. The second-order valence-corrected chi connectivity index (χ2v) is 9.28. The number of β-amino-alcohol motifs (C(OH)–C–C–N with tert-alkyl or cyclic N) is 1. The molecule has 2 aromatic rings. The van der Waals surface area contributed by atoms with Crippen LogP contribution in [0, 0.1) is 5.92 Å². The maximum absolute atomic E-state index is 13.0. The smallest absolute Gasteiger partial charge is 0.407 e. The van der Waals surface area contributed by atoms with Crippen molar-refractivity contribution >= 4 is 18.0 Å². The third-order valence-electron chi connectivity index (χ3n) is 7.16. The van der Waals surface area contributed by atoms with E-state index in [-0.39, 0.29) is 38.0 Å². The Morgan fingerprint density at radius 3 is 2.37 bits per heavy atom. The molecule has 2 saturated heterocycles. The molecule has 2 aliphatic heterocycles. The highest BCUT2D eigenvalue weighted by atomic mass is 16.5. The van der Waals surface area contributed by atoms with Crippen LogP contribution in [-0.2, 0) is 19.1 Å². The lowest BCUT2D eigenvalue weighted by molar-refractivity contribution is -0.153. The van der Waals surface area contributed by atoms with E-state index in [4.69, 9.17) is 9.47 Å². The molecule has 35 heavy (non-hydrogen) atoms. The summed E-state index contributed by atoms with van der Waals surface area (Å²) in [5.41, 5.74) is 4.54. The highest BCUT2D eigenvalue weighted by Crippen LogP contribution is 2.44. The van der Waals surface area contributed by atoms with Crippen LogP contribution in [0.2, 0.25) is 0 Å². The molecule has 2 heterocycles. The maximum atomic E-state index is 13.0. The van der Waals surface area contributed by atoms with Crippen LogP contribution in [0.1, 0.15) is 29.9 Å². The van der Waals surface area contributed by atoms with Crippen LogP contribution >= 0.6 is 0 Å². The topological polar surface area (TPSA) is 125 Å². The van der Waals surface area contributed by atoms with Crippen molar-refractivity contribution in [3.8, 4) is 11.1 Å². The van der Waals surface area contributed by atoms with E-state index < -0.39 is 36.2 Å². The normalized spacial score (nSPS) is 25.2. The van der Waals surface area contributed by atoms with E-state index in [2.05, 4.69) is 17.4 Å². The zero-order valence-corrected chi connectivity index (χ0v) is 19.1. The van der Waals surface area contributed by atoms with E-state index in [9.17, 15) is 24.6 Å². The number of carboxylic acid groups (broad SMARTS) is 1. The molecule has 1 aliphatic carbocycles. The van der Waals surface area contributed by atoms with Gasteiger partial charge in [0.05, 0.1) is 6.10 Å². The largest absolute Gasteiger partial charge is 0.480 e. The summed E-state index contributed by atoms with van der Waals surface area (Å²) in [5, 5.41) is 22.0. The van der Waals surface area contributed by atoms with Gasteiger partial charge in [-0.2, -0.15) is 0 Å². The van der Waals surface area contributed by atoms with E-state index in [1.54, 1.807) is 0 Å². The molecular formula is C26H28N2O7. The molecule has 184 valence electrons. The number of amides is 2. The van der Waals surface area contributed by atoms with E-state index in [0.29, 0.717) is 13.0 Å². The molecule has 3 aliphatic rings. The number of carboxylic acids is 1. The van der Waals surface area contributed by atoms with Gasteiger partial charge in [-0.15, -0.1) is 0 Å². The van der Waals surface area contributed by atoms with Crippen LogP contribution in [0.3, 0.4) is 0 Å². The third kappa shape index (κ3) is 4.49. The number of benzene rings is 2. The van der Waals surface area contributed by atoms with Crippen LogP contribution in [0.5, 0.6) is 0 Å². The van der Waals surface area contributed by atoms with E-state index in [1.807, 2.05) is 36.4 Å². The Kier molecular flexibility index (Phi) is 6.44. The van der Waals surface area contributed by atoms with Gasteiger partial charge in [0.15, 0.2) is 0 Å². The fourth-order valence-electron chi connectivity index (χ4n) is 5.43. The Morgan fingerprint density at radius 1 is 1.06 bits per heavy atom. The first kappa shape index (κ1) is 23.3. The van der Waals surface area contributed by atoms with Crippen molar-refractivity contribution in [2.75, 3.05) is 26.3 Å². The quantitative estimate of drug-likeness (QED) is 0.577. The van der Waals surface area contributed by atoms with Crippen LogP contribution < -0.4 is 5.32 Å². The predicted octanol–water partition coefficient (Wildman–Crippen LogP) is 1.98. The van der Waals surface area contributed by atoms with Crippen LogP contribution in [0.15, 0.2) is 48.5 Å². The Labute approximate surface area is 202 Å². The van der Waals surface area contributed by atoms with E-state index >= 15 is 0 Å². The summed E-state index contributed by atoms with van der Waals surface area (Å²) in [5.74, 6) is -1.98. The third-order valence-corrected chi connectivity index (χ3v) is 7.16. The van der Waals surface area contributed by atoms with E-state index in [0.717, 1.165) is 22.3 Å². The van der Waals surface area contributed by atoms with Crippen LogP contribution in [0.25, 0.3) is 11.1 Å². The number of hydrogen-bond donors (Lipinski definition) is 3. The highest BCUT2D eigenvalue weighted by Gasteiger charge is 2.45. The fourth-order valence-corrected chi connectivity index (χ4v) is 5.43. The Morgan fingerprint density at radius 2 is 1.71 bits per heavy atom. The van der Waals surface area contributed by atoms with Gasteiger partial charge >= 0.3 is 12.1 Å². The fraction of sp³-hybridized carbons (Fsp3) is 0.423. The molecule has 0 aromatic heterocycles. The highest BCUT2D eigenvalue weighted by molar-refractivity contribution is 5.87. The molecule has 0 radical (unpaired) electrons. The zero-order valence-electron chi connectivity index (χ0n) is 19.1. The molecule has 9 nitrogen and oxygen atoms in total. The number of rotatable bonds is 6. The summed E-state index contributed by atoms with van der Waals surface area (Å²) in [4.78, 5) is 38.2. The molecule has 0 spiro atoms. The number of aliphatic hydroxyl groups excluding tert-OH is 1. The number of alkyl carbamates (subject to hydrolysis) is 1. The second-order valence-electron chi connectivity index (χ2n) is 9.28. The van der Waals surface area contributed by atoms with Crippen molar-refractivity contribution in [3.63, 3.8) is 0 Å². The molecule has 4 atom stereocenters. The molecule has 0 bridgehead atoms. The average molecular weight is 481 g/mol. The van der Waals surface area contributed by atoms with Gasteiger partial charge in [-0.05, 0) is 28.7 Å². The van der Waals surface area contributed by atoms with Crippen molar-refractivity contribution in [2.24, 2.45) is 5.92 Å². The number of aliphatic carboxylic acids is 1.